The van der Waals surface area contributed by atoms with Crippen molar-refractivity contribution in [2.75, 3.05) is 13.1 Å². The van der Waals surface area contributed by atoms with E-state index in [9.17, 15) is 0 Å². The van der Waals surface area contributed by atoms with Crippen LogP contribution in [-0.4, -0.2) is 18.2 Å². The van der Waals surface area contributed by atoms with Crippen LogP contribution in [0.15, 0.2) is 10.6 Å². The smallest absolute Gasteiger partial charge is 0.141 e. The first-order valence-corrected chi connectivity index (χ1v) is 4.50. The zero-order valence-electron chi connectivity index (χ0n) is 7.75. The molecule has 1 fully saturated rings. The molecule has 1 unspecified atom stereocenters. The van der Waals surface area contributed by atoms with E-state index in [-0.39, 0.29) is 12.4 Å². The van der Waals surface area contributed by atoms with Gasteiger partial charge in [0.05, 0.1) is 5.69 Å². The molecule has 13 heavy (non-hydrogen) atoms. The fourth-order valence-electron chi connectivity index (χ4n) is 1.67. The van der Waals surface area contributed by atoms with Gasteiger partial charge >= 0.3 is 0 Å². The molecule has 0 bridgehead atoms. The Hall–Kier alpha value is -0.540. The molecule has 0 radical (unpaired) electrons. The van der Waals surface area contributed by atoms with E-state index in [0.29, 0.717) is 5.92 Å². The van der Waals surface area contributed by atoms with Crippen molar-refractivity contribution < 1.29 is 4.52 Å². The molecule has 1 saturated heterocycles. The van der Waals surface area contributed by atoms with E-state index in [0.717, 1.165) is 24.5 Å². The second-order valence-electron chi connectivity index (χ2n) is 3.41. The summed E-state index contributed by atoms with van der Waals surface area (Å²) in [6, 6.07) is 2.04. The summed E-state index contributed by atoms with van der Waals surface area (Å²) in [4.78, 5) is 0. The fraction of sp³-hybridized carbons (Fsp3) is 0.667. The van der Waals surface area contributed by atoms with Gasteiger partial charge in [-0.1, -0.05) is 5.16 Å². The lowest BCUT2D eigenvalue weighted by Gasteiger charge is -2.19. The van der Waals surface area contributed by atoms with Gasteiger partial charge in [0.15, 0.2) is 0 Å². The first kappa shape index (κ1) is 10.5. The summed E-state index contributed by atoms with van der Waals surface area (Å²) in [5.74, 6) is 1.58. The van der Waals surface area contributed by atoms with Crippen LogP contribution < -0.4 is 5.32 Å². The molecule has 1 aromatic heterocycles. The number of rotatable bonds is 1. The van der Waals surface area contributed by atoms with Crippen LogP contribution in [-0.2, 0) is 0 Å². The van der Waals surface area contributed by atoms with Gasteiger partial charge in [-0.05, 0) is 26.3 Å². The van der Waals surface area contributed by atoms with Crippen LogP contribution in [0.1, 0.15) is 30.2 Å². The van der Waals surface area contributed by atoms with Gasteiger partial charge in [-0.2, -0.15) is 0 Å². The van der Waals surface area contributed by atoms with Crippen molar-refractivity contribution in [3.8, 4) is 0 Å². The molecule has 1 N–H and O–H groups in total. The normalized spacial score (nSPS) is 22.4. The molecule has 1 atom stereocenters. The van der Waals surface area contributed by atoms with Crippen molar-refractivity contribution in [2.45, 2.75) is 25.7 Å². The minimum atomic E-state index is 0. The molecular formula is C9H15ClN2O. The third kappa shape index (κ3) is 2.45. The Morgan fingerprint density at radius 1 is 1.62 bits per heavy atom. The maximum Gasteiger partial charge on any atom is 0.141 e. The average Bonchev–Trinajstić information content (AvgIpc) is 2.54. The molecular weight excluding hydrogens is 188 g/mol. The van der Waals surface area contributed by atoms with Crippen LogP contribution in [0.5, 0.6) is 0 Å². The Bertz CT molecular complexity index is 256. The fourth-order valence-corrected chi connectivity index (χ4v) is 1.67. The van der Waals surface area contributed by atoms with E-state index in [1.54, 1.807) is 0 Å². The highest BCUT2D eigenvalue weighted by molar-refractivity contribution is 5.85. The van der Waals surface area contributed by atoms with Gasteiger partial charge in [-0.15, -0.1) is 12.4 Å². The number of aryl methyl sites for hydroxylation is 1. The predicted molar refractivity (Wildman–Crippen MR) is 53.3 cm³/mol. The lowest BCUT2D eigenvalue weighted by Crippen LogP contribution is -2.28. The van der Waals surface area contributed by atoms with Crippen molar-refractivity contribution in [1.82, 2.24) is 10.5 Å². The third-order valence-electron chi connectivity index (χ3n) is 2.35. The molecule has 2 rings (SSSR count). The molecule has 1 aliphatic heterocycles. The number of piperidine rings is 1. The molecule has 74 valence electrons. The van der Waals surface area contributed by atoms with Crippen LogP contribution in [0.3, 0.4) is 0 Å². The molecule has 2 heterocycles. The summed E-state index contributed by atoms with van der Waals surface area (Å²) < 4.78 is 5.21. The summed E-state index contributed by atoms with van der Waals surface area (Å²) in [5, 5.41) is 7.24. The molecule has 1 aromatic rings. The quantitative estimate of drug-likeness (QED) is 0.756. The summed E-state index contributed by atoms with van der Waals surface area (Å²) in [6.07, 6.45) is 2.46. The minimum Gasteiger partial charge on any atom is -0.361 e. The maximum atomic E-state index is 5.21. The SMILES string of the molecule is Cc1cc(C2CCCNC2)on1.Cl. The molecule has 0 aromatic carbocycles. The minimum absolute atomic E-state index is 0. The van der Waals surface area contributed by atoms with E-state index in [1.165, 1.54) is 12.8 Å². The van der Waals surface area contributed by atoms with Crippen LogP contribution in [0, 0.1) is 6.92 Å². The first-order valence-electron chi connectivity index (χ1n) is 4.50. The molecule has 0 amide bonds. The highest BCUT2D eigenvalue weighted by Crippen LogP contribution is 2.23. The van der Waals surface area contributed by atoms with E-state index in [4.69, 9.17) is 4.52 Å². The van der Waals surface area contributed by atoms with Gasteiger partial charge in [0, 0.05) is 18.5 Å². The lowest BCUT2D eigenvalue weighted by molar-refractivity contribution is 0.327. The highest BCUT2D eigenvalue weighted by atomic mass is 35.5. The molecule has 0 spiro atoms. The number of halogens is 1. The van der Waals surface area contributed by atoms with Crippen LogP contribution in [0.4, 0.5) is 0 Å². The third-order valence-corrected chi connectivity index (χ3v) is 2.35. The highest BCUT2D eigenvalue weighted by Gasteiger charge is 2.18. The Labute approximate surface area is 84.3 Å². The van der Waals surface area contributed by atoms with E-state index >= 15 is 0 Å². The molecule has 3 nitrogen and oxygen atoms in total. The van der Waals surface area contributed by atoms with Gasteiger partial charge in [-0.25, -0.2) is 0 Å². The summed E-state index contributed by atoms with van der Waals surface area (Å²) >= 11 is 0. The first-order chi connectivity index (χ1) is 5.86. The summed E-state index contributed by atoms with van der Waals surface area (Å²) in [7, 11) is 0. The molecule has 0 saturated carbocycles. The number of nitrogens with zero attached hydrogens (tertiary/aromatic N) is 1. The van der Waals surface area contributed by atoms with Crippen LogP contribution >= 0.6 is 12.4 Å². The second-order valence-corrected chi connectivity index (χ2v) is 3.41. The van der Waals surface area contributed by atoms with E-state index in [2.05, 4.69) is 10.5 Å². The van der Waals surface area contributed by atoms with Crippen LogP contribution in [0.25, 0.3) is 0 Å². The maximum absolute atomic E-state index is 5.21. The average molecular weight is 203 g/mol. The number of nitrogens with one attached hydrogen (secondary N) is 1. The Morgan fingerprint density at radius 3 is 3.00 bits per heavy atom. The second kappa shape index (κ2) is 4.63. The van der Waals surface area contributed by atoms with Crippen molar-refractivity contribution >= 4 is 12.4 Å². The van der Waals surface area contributed by atoms with Crippen molar-refractivity contribution in [2.24, 2.45) is 0 Å². The lowest BCUT2D eigenvalue weighted by atomic mass is 9.97. The van der Waals surface area contributed by atoms with Gasteiger partial charge in [0.25, 0.3) is 0 Å². The zero-order chi connectivity index (χ0) is 8.39. The van der Waals surface area contributed by atoms with Crippen molar-refractivity contribution in [3.05, 3.63) is 17.5 Å². The topological polar surface area (TPSA) is 38.1 Å². The summed E-state index contributed by atoms with van der Waals surface area (Å²) in [5.41, 5.74) is 0.982. The number of aromatic nitrogens is 1. The molecule has 4 heteroatoms. The van der Waals surface area contributed by atoms with E-state index < -0.39 is 0 Å². The van der Waals surface area contributed by atoms with Crippen molar-refractivity contribution in [3.63, 3.8) is 0 Å². The number of hydrogen-bond acceptors (Lipinski definition) is 3. The Morgan fingerprint density at radius 2 is 2.46 bits per heavy atom. The Kier molecular flexibility index (Phi) is 3.75. The van der Waals surface area contributed by atoms with Crippen LogP contribution in [0.2, 0.25) is 0 Å². The van der Waals surface area contributed by atoms with Gasteiger partial charge in [-0.3, -0.25) is 0 Å². The predicted octanol–water partition coefficient (Wildman–Crippen LogP) is 1.87. The molecule has 1 aliphatic rings. The number of hydrogen-bond donors (Lipinski definition) is 1. The van der Waals surface area contributed by atoms with Gasteiger partial charge in [0.2, 0.25) is 0 Å². The van der Waals surface area contributed by atoms with Gasteiger partial charge < -0.3 is 9.84 Å². The zero-order valence-corrected chi connectivity index (χ0v) is 8.56. The standard InChI is InChI=1S/C9H14N2O.ClH/c1-7-5-9(12-11-7)8-3-2-4-10-6-8;/h5,8,10H,2-4,6H2,1H3;1H. The van der Waals surface area contributed by atoms with E-state index in [1.807, 2.05) is 13.0 Å². The molecule has 0 aliphatic carbocycles. The Balaban J connectivity index is 0.000000845. The van der Waals surface area contributed by atoms with Gasteiger partial charge in [0.1, 0.15) is 5.76 Å². The summed E-state index contributed by atoms with van der Waals surface area (Å²) in [6.45, 7) is 4.14. The van der Waals surface area contributed by atoms with Crippen molar-refractivity contribution in [1.29, 1.82) is 0 Å². The largest absolute Gasteiger partial charge is 0.361 e. The monoisotopic (exact) mass is 202 g/mol.